The summed E-state index contributed by atoms with van der Waals surface area (Å²) >= 11 is 0. The van der Waals surface area contributed by atoms with E-state index in [4.69, 9.17) is 9.47 Å². The molecule has 2 amide bonds. The number of aryl methyl sites for hydroxylation is 1. The van der Waals surface area contributed by atoms with Gasteiger partial charge in [0, 0.05) is 18.7 Å². The summed E-state index contributed by atoms with van der Waals surface area (Å²) in [4.78, 5) is 39.3. The van der Waals surface area contributed by atoms with Crippen LogP contribution in [0.2, 0.25) is 0 Å². The number of rotatable bonds is 8. The van der Waals surface area contributed by atoms with Gasteiger partial charge in [0.1, 0.15) is 18.6 Å². The van der Waals surface area contributed by atoms with E-state index in [1.54, 1.807) is 7.11 Å². The second-order valence-electron chi connectivity index (χ2n) is 10.4. The standard InChI is InChI=1S/C29H38N2O5/c1-22-4-9-27(35-2)26(18-22)31(21-33)19-28(34)30-16-3-12-29(15-17-30)13-10-25(11-14-29)36-24-7-5-23(20-32)6-8-24/h4-7,9,18,20-21,24-25H,3,8,10-17,19H2,1-2H3. The van der Waals surface area contributed by atoms with Crippen LogP contribution in [-0.2, 0) is 19.1 Å². The molecule has 1 saturated carbocycles. The highest BCUT2D eigenvalue weighted by Crippen LogP contribution is 2.45. The fourth-order valence-corrected chi connectivity index (χ4v) is 5.85. The Hall–Kier alpha value is -2.93. The number of aldehydes is 1. The molecule has 1 saturated heterocycles. The summed E-state index contributed by atoms with van der Waals surface area (Å²) in [6.07, 6.45) is 15.9. The van der Waals surface area contributed by atoms with Gasteiger partial charge in [0.05, 0.1) is 25.0 Å². The van der Waals surface area contributed by atoms with Gasteiger partial charge in [-0.15, -0.1) is 0 Å². The Morgan fingerprint density at radius 3 is 2.64 bits per heavy atom. The molecular weight excluding hydrogens is 456 g/mol. The van der Waals surface area contributed by atoms with Crippen molar-refractivity contribution < 1.29 is 23.9 Å². The second-order valence-corrected chi connectivity index (χ2v) is 10.4. The quantitative estimate of drug-likeness (QED) is 0.502. The average molecular weight is 495 g/mol. The first kappa shape index (κ1) is 26.1. The lowest BCUT2D eigenvalue weighted by molar-refractivity contribution is -0.130. The van der Waals surface area contributed by atoms with Crippen molar-refractivity contribution >= 4 is 24.3 Å². The Morgan fingerprint density at radius 2 is 1.97 bits per heavy atom. The number of allylic oxidation sites excluding steroid dienone is 2. The number of nitrogens with zero attached hydrogens (tertiary/aromatic N) is 2. The van der Waals surface area contributed by atoms with Crippen LogP contribution in [0.4, 0.5) is 5.69 Å². The highest BCUT2D eigenvalue weighted by molar-refractivity contribution is 5.90. The van der Waals surface area contributed by atoms with Crippen molar-refractivity contribution in [3.63, 3.8) is 0 Å². The number of carbonyl (C=O) groups excluding carboxylic acids is 3. The molecule has 7 heteroatoms. The zero-order valence-corrected chi connectivity index (χ0v) is 21.5. The molecule has 1 heterocycles. The van der Waals surface area contributed by atoms with E-state index in [-0.39, 0.29) is 30.1 Å². The van der Waals surface area contributed by atoms with E-state index >= 15 is 0 Å². The third kappa shape index (κ3) is 6.25. The predicted molar refractivity (Wildman–Crippen MR) is 139 cm³/mol. The minimum atomic E-state index is -0.0217. The minimum Gasteiger partial charge on any atom is -0.495 e. The topological polar surface area (TPSA) is 76.2 Å². The maximum Gasteiger partial charge on any atom is 0.242 e. The molecule has 1 unspecified atom stereocenters. The molecule has 1 aromatic rings. The zero-order chi connectivity index (χ0) is 25.5. The SMILES string of the molecule is COc1ccc(C)cc1N(C=O)CC(=O)N1CCCC2(CCC(OC3C=CC(C=O)=CC3)CC2)CC1. The van der Waals surface area contributed by atoms with Gasteiger partial charge < -0.3 is 19.3 Å². The zero-order valence-electron chi connectivity index (χ0n) is 21.5. The van der Waals surface area contributed by atoms with Crippen LogP contribution >= 0.6 is 0 Å². The first-order valence-electron chi connectivity index (χ1n) is 13.1. The van der Waals surface area contributed by atoms with Gasteiger partial charge in [-0.2, -0.15) is 0 Å². The maximum absolute atomic E-state index is 13.2. The number of hydrogen-bond donors (Lipinski definition) is 0. The number of carbonyl (C=O) groups is 3. The van der Waals surface area contributed by atoms with Crippen LogP contribution < -0.4 is 9.64 Å². The van der Waals surface area contributed by atoms with Gasteiger partial charge in [-0.05, 0) is 81.4 Å². The van der Waals surface area contributed by atoms with Crippen molar-refractivity contribution in [3.8, 4) is 5.75 Å². The van der Waals surface area contributed by atoms with E-state index in [0.717, 1.165) is 81.9 Å². The van der Waals surface area contributed by atoms with E-state index in [1.165, 1.54) is 4.90 Å². The maximum atomic E-state index is 13.2. The molecule has 0 bridgehead atoms. The Bertz CT molecular complexity index is 1010. The summed E-state index contributed by atoms with van der Waals surface area (Å²) in [7, 11) is 1.57. The average Bonchev–Trinajstić information content (AvgIpc) is 3.11. The van der Waals surface area contributed by atoms with Crippen LogP contribution in [-0.4, -0.2) is 62.5 Å². The van der Waals surface area contributed by atoms with Crippen molar-refractivity contribution in [2.24, 2.45) is 5.41 Å². The van der Waals surface area contributed by atoms with Crippen LogP contribution in [0, 0.1) is 12.3 Å². The molecule has 3 aliphatic rings. The highest BCUT2D eigenvalue weighted by Gasteiger charge is 2.38. The molecular formula is C29H38N2O5. The number of benzene rings is 1. The third-order valence-corrected chi connectivity index (χ3v) is 8.06. The van der Waals surface area contributed by atoms with Gasteiger partial charge in [-0.25, -0.2) is 0 Å². The number of amides is 2. The number of anilines is 1. The smallest absolute Gasteiger partial charge is 0.242 e. The van der Waals surface area contributed by atoms with Crippen molar-refractivity contribution in [3.05, 3.63) is 47.6 Å². The molecule has 1 aromatic carbocycles. The molecule has 1 aliphatic heterocycles. The van der Waals surface area contributed by atoms with Gasteiger partial charge in [-0.3, -0.25) is 14.4 Å². The molecule has 7 nitrogen and oxygen atoms in total. The molecule has 0 radical (unpaired) electrons. The first-order valence-corrected chi connectivity index (χ1v) is 13.1. The highest BCUT2D eigenvalue weighted by atomic mass is 16.5. The molecule has 2 fully saturated rings. The summed E-state index contributed by atoms with van der Waals surface area (Å²) in [6.45, 7) is 3.43. The van der Waals surface area contributed by atoms with Crippen molar-refractivity contribution in [1.82, 2.24) is 4.90 Å². The van der Waals surface area contributed by atoms with Gasteiger partial charge in [0.2, 0.25) is 12.3 Å². The molecule has 36 heavy (non-hydrogen) atoms. The summed E-state index contributed by atoms with van der Waals surface area (Å²) in [5.41, 5.74) is 2.62. The van der Waals surface area contributed by atoms with Crippen LogP contribution in [0.3, 0.4) is 0 Å². The Labute approximate surface area is 214 Å². The minimum absolute atomic E-state index is 0.0153. The first-order chi connectivity index (χ1) is 17.4. The van der Waals surface area contributed by atoms with Gasteiger partial charge >= 0.3 is 0 Å². The monoisotopic (exact) mass is 494 g/mol. The lowest BCUT2D eigenvalue weighted by Gasteiger charge is -2.40. The van der Waals surface area contributed by atoms with Crippen molar-refractivity contribution in [1.29, 1.82) is 0 Å². The van der Waals surface area contributed by atoms with E-state index < -0.39 is 0 Å². The fraction of sp³-hybridized carbons (Fsp3) is 0.552. The lowest BCUT2D eigenvalue weighted by atomic mass is 9.68. The molecule has 4 rings (SSSR count). The molecule has 2 aliphatic carbocycles. The Kier molecular flexibility index (Phi) is 8.62. The lowest BCUT2D eigenvalue weighted by Crippen LogP contribution is -2.41. The van der Waals surface area contributed by atoms with Crippen LogP contribution in [0.25, 0.3) is 0 Å². The van der Waals surface area contributed by atoms with Gasteiger partial charge in [-0.1, -0.05) is 24.3 Å². The Balaban J connectivity index is 1.29. The van der Waals surface area contributed by atoms with Crippen molar-refractivity contribution in [2.45, 2.75) is 70.5 Å². The normalized spacial score (nSPS) is 26.2. The van der Waals surface area contributed by atoms with Crippen LogP contribution in [0.5, 0.6) is 5.75 Å². The van der Waals surface area contributed by atoms with Crippen molar-refractivity contribution in [2.75, 3.05) is 31.6 Å². The summed E-state index contributed by atoms with van der Waals surface area (Å²) < 4.78 is 11.7. The van der Waals surface area contributed by atoms with Crippen LogP contribution in [0.15, 0.2) is 42.0 Å². The number of methoxy groups -OCH3 is 1. The van der Waals surface area contributed by atoms with E-state index in [9.17, 15) is 14.4 Å². The van der Waals surface area contributed by atoms with E-state index in [0.29, 0.717) is 17.8 Å². The fourth-order valence-electron chi connectivity index (χ4n) is 5.85. The molecule has 0 aromatic heterocycles. The Morgan fingerprint density at radius 1 is 1.17 bits per heavy atom. The van der Waals surface area contributed by atoms with E-state index in [1.807, 2.05) is 48.3 Å². The van der Waals surface area contributed by atoms with Gasteiger partial charge in [0.25, 0.3) is 0 Å². The number of likely N-dealkylation sites (tertiary alicyclic amines) is 1. The summed E-state index contributed by atoms with van der Waals surface area (Å²) in [5.74, 6) is 0.560. The van der Waals surface area contributed by atoms with Crippen LogP contribution in [0.1, 0.15) is 56.9 Å². The largest absolute Gasteiger partial charge is 0.495 e. The molecule has 194 valence electrons. The van der Waals surface area contributed by atoms with Gasteiger partial charge in [0.15, 0.2) is 0 Å². The number of ether oxygens (including phenoxy) is 2. The predicted octanol–water partition coefficient (Wildman–Crippen LogP) is 4.38. The van der Waals surface area contributed by atoms with E-state index in [2.05, 4.69) is 0 Å². The molecule has 1 spiro atoms. The molecule has 1 atom stereocenters. The molecule has 0 N–H and O–H groups in total. The summed E-state index contributed by atoms with van der Waals surface area (Å²) in [6, 6.07) is 5.62. The third-order valence-electron chi connectivity index (χ3n) is 8.06. The number of hydrogen-bond acceptors (Lipinski definition) is 5. The summed E-state index contributed by atoms with van der Waals surface area (Å²) in [5, 5.41) is 0. The second kappa shape index (κ2) is 11.9.